The second-order valence-electron chi connectivity index (χ2n) is 6.63. The molecule has 2 N–H and O–H groups in total. The molecule has 1 amide bonds. The van der Waals surface area contributed by atoms with Crippen molar-refractivity contribution in [2.75, 3.05) is 18.1 Å². The van der Waals surface area contributed by atoms with E-state index in [0.29, 0.717) is 45.8 Å². The van der Waals surface area contributed by atoms with E-state index in [1.54, 1.807) is 65.6 Å². The summed E-state index contributed by atoms with van der Waals surface area (Å²) in [6.45, 7) is 4.28. The molecule has 4 rings (SSSR count). The van der Waals surface area contributed by atoms with Crippen molar-refractivity contribution in [1.82, 2.24) is 5.48 Å². The maximum absolute atomic E-state index is 13.2. The summed E-state index contributed by atoms with van der Waals surface area (Å²) in [5.74, 6) is 1.47. The summed E-state index contributed by atoms with van der Waals surface area (Å²) in [5, 5.41) is 9.45. The molecule has 152 valence electrons. The lowest BCUT2D eigenvalue weighted by molar-refractivity contribution is 0.0982. The summed E-state index contributed by atoms with van der Waals surface area (Å²) in [6, 6.07) is 19.4. The molecule has 0 bridgehead atoms. The minimum atomic E-state index is -0.170. The Bertz CT molecular complexity index is 1100. The fraction of sp³-hybridized carbons (Fsp3) is 0.0870. The minimum absolute atomic E-state index is 0.170. The van der Waals surface area contributed by atoms with Gasteiger partial charge in [-0.2, -0.15) is 0 Å². The largest absolute Gasteiger partial charge is 0.492 e. The van der Waals surface area contributed by atoms with Crippen molar-refractivity contribution in [3.63, 3.8) is 0 Å². The molecule has 3 aromatic carbocycles. The highest BCUT2D eigenvalue weighted by Crippen LogP contribution is 2.40. The average molecular weight is 423 g/mol. The molecule has 6 nitrogen and oxygen atoms in total. The van der Waals surface area contributed by atoms with E-state index < -0.39 is 0 Å². The summed E-state index contributed by atoms with van der Waals surface area (Å²) in [5.41, 5.74) is 4.26. The number of hydroxylamine groups is 1. The Morgan fingerprint density at radius 3 is 2.63 bits per heavy atom. The quantitative estimate of drug-likeness (QED) is 0.539. The zero-order chi connectivity index (χ0) is 21.1. The Kier molecular flexibility index (Phi) is 5.61. The average Bonchev–Trinajstić information content (AvgIpc) is 2.88. The highest BCUT2D eigenvalue weighted by molar-refractivity contribution is 6.31. The van der Waals surface area contributed by atoms with E-state index in [1.165, 1.54) is 0 Å². The number of rotatable bonds is 6. The van der Waals surface area contributed by atoms with E-state index in [-0.39, 0.29) is 12.5 Å². The zero-order valence-electron chi connectivity index (χ0n) is 16.0. The number of nitrogens with zero attached hydrogens (tertiary/aromatic N) is 1. The number of para-hydroxylation sites is 1. The summed E-state index contributed by atoms with van der Waals surface area (Å²) in [6.07, 6.45) is 0. The molecule has 0 fully saturated rings. The van der Waals surface area contributed by atoms with E-state index in [4.69, 9.17) is 26.3 Å². The number of ether oxygens (including phenoxy) is 2. The predicted octanol–water partition coefficient (Wildman–Crippen LogP) is 5.12. The summed E-state index contributed by atoms with van der Waals surface area (Å²) < 4.78 is 11.8. The molecule has 1 aliphatic rings. The van der Waals surface area contributed by atoms with Crippen LogP contribution in [0.15, 0.2) is 73.3 Å². The van der Waals surface area contributed by atoms with Crippen molar-refractivity contribution < 1.29 is 19.5 Å². The van der Waals surface area contributed by atoms with Crippen molar-refractivity contribution in [3.05, 3.63) is 89.5 Å². The van der Waals surface area contributed by atoms with Gasteiger partial charge >= 0.3 is 0 Å². The van der Waals surface area contributed by atoms with Crippen molar-refractivity contribution in [1.29, 1.82) is 0 Å². The Labute approximate surface area is 178 Å². The first-order valence-electron chi connectivity index (χ1n) is 9.27. The van der Waals surface area contributed by atoms with Crippen LogP contribution < -0.4 is 19.9 Å². The van der Waals surface area contributed by atoms with Crippen LogP contribution in [0.2, 0.25) is 5.02 Å². The SMILES string of the molecule is C=C(NO)c1ccc(OCCN2C(=O)c3ccccc3Oc3cc(Cl)ccc32)cc1. The van der Waals surface area contributed by atoms with Crippen LogP contribution in [-0.2, 0) is 0 Å². The van der Waals surface area contributed by atoms with E-state index >= 15 is 0 Å². The first-order valence-corrected chi connectivity index (χ1v) is 9.65. The van der Waals surface area contributed by atoms with Gasteiger partial charge in [0.2, 0.25) is 0 Å². The van der Waals surface area contributed by atoms with Crippen molar-refractivity contribution >= 4 is 28.9 Å². The number of halogens is 1. The van der Waals surface area contributed by atoms with Gasteiger partial charge in [-0.1, -0.05) is 30.3 Å². The van der Waals surface area contributed by atoms with E-state index in [9.17, 15) is 4.79 Å². The third-order valence-electron chi connectivity index (χ3n) is 4.72. The highest BCUT2D eigenvalue weighted by atomic mass is 35.5. The van der Waals surface area contributed by atoms with Gasteiger partial charge in [-0.3, -0.25) is 15.5 Å². The lowest BCUT2D eigenvalue weighted by Crippen LogP contribution is -2.34. The van der Waals surface area contributed by atoms with Crippen LogP contribution in [0.4, 0.5) is 5.69 Å². The molecule has 0 radical (unpaired) electrons. The first kappa shape index (κ1) is 19.8. The number of anilines is 1. The molecule has 7 heteroatoms. The second-order valence-corrected chi connectivity index (χ2v) is 7.07. The molecule has 1 aliphatic heterocycles. The molecule has 0 aliphatic carbocycles. The number of hydrogen-bond acceptors (Lipinski definition) is 5. The monoisotopic (exact) mass is 422 g/mol. The summed E-state index contributed by atoms with van der Waals surface area (Å²) in [4.78, 5) is 14.8. The van der Waals surface area contributed by atoms with E-state index in [0.717, 1.165) is 5.56 Å². The molecular formula is C23H19ClN2O4. The standard InChI is InChI=1S/C23H19ClN2O4/c1-15(25-28)16-6-9-18(10-7-16)29-13-12-26-20-11-8-17(24)14-22(20)30-21-5-3-2-4-19(21)23(26)27/h2-11,14,25,28H,1,12-13H2. The smallest absolute Gasteiger partial charge is 0.262 e. The van der Waals surface area contributed by atoms with Crippen LogP contribution in [-0.4, -0.2) is 24.3 Å². The van der Waals surface area contributed by atoms with Gasteiger partial charge < -0.3 is 14.4 Å². The third kappa shape index (κ3) is 3.96. The van der Waals surface area contributed by atoms with E-state index in [2.05, 4.69) is 6.58 Å². The van der Waals surface area contributed by atoms with Crippen LogP contribution in [0.5, 0.6) is 17.2 Å². The molecule has 0 saturated carbocycles. The lowest BCUT2D eigenvalue weighted by atomic mass is 10.1. The fourth-order valence-corrected chi connectivity index (χ4v) is 3.35. The molecule has 1 heterocycles. The lowest BCUT2D eigenvalue weighted by Gasteiger charge is -2.22. The first-order chi connectivity index (χ1) is 14.6. The second kappa shape index (κ2) is 8.49. The van der Waals surface area contributed by atoms with Gasteiger partial charge in [-0.25, -0.2) is 0 Å². The third-order valence-corrected chi connectivity index (χ3v) is 4.95. The van der Waals surface area contributed by atoms with Gasteiger partial charge in [-0.05, 0) is 54.1 Å². The van der Waals surface area contributed by atoms with Crippen molar-refractivity contribution in [2.24, 2.45) is 0 Å². The van der Waals surface area contributed by atoms with Gasteiger partial charge in [-0.15, -0.1) is 0 Å². The number of carbonyl (C=O) groups excluding carboxylic acids is 1. The van der Waals surface area contributed by atoms with Crippen molar-refractivity contribution in [2.45, 2.75) is 0 Å². The zero-order valence-corrected chi connectivity index (χ0v) is 16.7. The summed E-state index contributed by atoms with van der Waals surface area (Å²) in [7, 11) is 0. The van der Waals surface area contributed by atoms with Crippen LogP contribution >= 0.6 is 11.6 Å². The van der Waals surface area contributed by atoms with Crippen molar-refractivity contribution in [3.8, 4) is 17.2 Å². The van der Waals surface area contributed by atoms with Gasteiger partial charge in [0.05, 0.1) is 23.5 Å². The van der Waals surface area contributed by atoms with Gasteiger partial charge in [0.15, 0.2) is 5.75 Å². The maximum atomic E-state index is 13.2. The van der Waals surface area contributed by atoms with Crippen LogP contribution in [0, 0.1) is 0 Å². The Balaban J connectivity index is 1.54. The number of hydrogen-bond donors (Lipinski definition) is 2. The van der Waals surface area contributed by atoms with Crippen LogP contribution in [0.1, 0.15) is 15.9 Å². The molecule has 30 heavy (non-hydrogen) atoms. The molecular weight excluding hydrogens is 404 g/mol. The van der Waals surface area contributed by atoms with Crippen LogP contribution in [0.3, 0.4) is 0 Å². The molecule has 0 unspecified atom stereocenters. The maximum Gasteiger partial charge on any atom is 0.262 e. The predicted molar refractivity (Wildman–Crippen MR) is 116 cm³/mol. The normalized spacial score (nSPS) is 12.3. The van der Waals surface area contributed by atoms with Gasteiger partial charge in [0, 0.05) is 11.1 Å². The van der Waals surface area contributed by atoms with E-state index in [1.807, 2.05) is 11.5 Å². The highest BCUT2D eigenvalue weighted by Gasteiger charge is 2.28. The number of benzene rings is 3. The number of amides is 1. The Morgan fingerprint density at radius 1 is 1.10 bits per heavy atom. The topological polar surface area (TPSA) is 71.0 Å². The Hall–Kier alpha value is -3.48. The molecule has 0 aromatic heterocycles. The Morgan fingerprint density at radius 2 is 1.87 bits per heavy atom. The number of fused-ring (bicyclic) bond motifs is 2. The minimum Gasteiger partial charge on any atom is -0.492 e. The van der Waals surface area contributed by atoms with Crippen LogP contribution in [0.25, 0.3) is 5.70 Å². The number of nitrogens with one attached hydrogen (secondary N) is 1. The molecule has 3 aromatic rings. The summed E-state index contributed by atoms with van der Waals surface area (Å²) >= 11 is 6.14. The molecule has 0 spiro atoms. The molecule has 0 saturated heterocycles. The number of carbonyl (C=O) groups is 1. The molecule has 0 atom stereocenters. The van der Waals surface area contributed by atoms with Gasteiger partial charge in [0.1, 0.15) is 18.1 Å². The fourth-order valence-electron chi connectivity index (χ4n) is 3.19. The van der Waals surface area contributed by atoms with Gasteiger partial charge in [0.25, 0.3) is 5.91 Å².